The second-order valence-corrected chi connectivity index (χ2v) is 10.9. The molecule has 0 unspecified atom stereocenters. The number of nitrogens with zero attached hydrogens (tertiary/aromatic N) is 5. The third kappa shape index (κ3) is 4.92. The average Bonchev–Trinajstić information content (AvgIpc) is 3.68. The molecular formula is C24H28N6O4S. The fraction of sp³-hybridized carbons (Fsp3) is 0.417. The summed E-state index contributed by atoms with van der Waals surface area (Å²) in [5.74, 6) is 0.247. The highest BCUT2D eigenvalue weighted by molar-refractivity contribution is 7.89. The standard InChI is InChI=1S/C24H28N6O4S/c31-23(18-6-10-21(11-7-18)35(33,34)28-14-2-1-3-15-28)26-13-16-29-24(32)30(20-8-9-20)22(27-29)19-5-4-12-25-17-19/h4-7,10-12,17,20H,1-3,8-9,13-16H2,(H,26,31). The van der Waals surface area contributed by atoms with E-state index in [-0.39, 0.29) is 35.6 Å². The Morgan fingerprint density at radius 3 is 2.46 bits per heavy atom. The van der Waals surface area contributed by atoms with Crippen LogP contribution in [0.4, 0.5) is 0 Å². The molecule has 0 radical (unpaired) electrons. The van der Waals surface area contributed by atoms with Crippen molar-refractivity contribution < 1.29 is 13.2 Å². The summed E-state index contributed by atoms with van der Waals surface area (Å²) in [7, 11) is -3.54. The lowest BCUT2D eigenvalue weighted by Gasteiger charge is -2.25. The van der Waals surface area contributed by atoms with Crippen molar-refractivity contribution in [3.8, 4) is 11.4 Å². The summed E-state index contributed by atoms with van der Waals surface area (Å²) in [6.45, 7) is 1.49. The Morgan fingerprint density at radius 1 is 1.06 bits per heavy atom. The van der Waals surface area contributed by atoms with E-state index in [1.807, 2.05) is 6.07 Å². The fourth-order valence-electron chi connectivity index (χ4n) is 4.33. The predicted molar refractivity (Wildman–Crippen MR) is 129 cm³/mol. The van der Waals surface area contributed by atoms with Gasteiger partial charge in [0.25, 0.3) is 5.91 Å². The Labute approximate surface area is 203 Å². The van der Waals surface area contributed by atoms with E-state index in [0.717, 1.165) is 37.7 Å². The normalized spacial score (nSPS) is 16.8. The number of carbonyl (C=O) groups excluding carboxylic acids is 1. The van der Waals surface area contributed by atoms with Crippen molar-refractivity contribution in [2.45, 2.75) is 49.6 Å². The van der Waals surface area contributed by atoms with Crippen molar-refractivity contribution in [2.24, 2.45) is 0 Å². The topological polar surface area (TPSA) is 119 Å². The van der Waals surface area contributed by atoms with Gasteiger partial charge >= 0.3 is 5.69 Å². The van der Waals surface area contributed by atoms with Gasteiger partial charge in [0.2, 0.25) is 10.0 Å². The smallest absolute Gasteiger partial charge is 0.346 e. The maximum atomic E-state index is 12.9. The molecule has 10 nitrogen and oxygen atoms in total. The lowest BCUT2D eigenvalue weighted by molar-refractivity contribution is 0.0951. The van der Waals surface area contributed by atoms with E-state index in [1.54, 1.807) is 23.0 Å². The van der Waals surface area contributed by atoms with E-state index in [0.29, 0.717) is 24.5 Å². The number of aromatic nitrogens is 4. The van der Waals surface area contributed by atoms with Gasteiger partial charge < -0.3 is 5.32 Å². The molecule has 35 heavy (non-hydrogen) atoms. The van der Waals surface area contributed by atoms with Crippen molar-refractivity contribution in [1.29, 1.82) is 0 Å². The first-order valence-electron chi connectivity index (χ1n) is 11.9. The molecule has 3 heterocycles. The van der Waals surface area contributed by atoms with Gasteiger partial charge in [-0.15, -0.1) is 5.10 Å². The molecule has 11 heteroatoms. The first-order chi connectivity index (χ1) is 16.9. The van der Waals surface area contributed by atoms with Crippen LogP contribution in [0.2, 0.25) is 0 Å². The van der Waals surface area contributed by atoms with Crippen molar-refractivity contribution in [2.75, 3.05) is 19.6 Å². The summed E-state index contributed by atoms with van der Waals surface area (Å²) < 4.78 is 30.2. The summed E-state index contributed by atoms with van der Waals surface area (Å²) in [6.07, 6.45) is 8.02. The van der Waals surface area contributed by atoms with Gasteiger partial charge in [0.15, 0.2) is 5.82 Å². The third-order valence-electron chi connectivity index (χ3n) is 6.38. The summed E-state index contributed by atoms with van der Waals surface area (Å²) in [5, 5.41) is 7.29. The lowest BCUT2D eigenvalue weighted by atomic mass is 10.2. The van der Waals surface area contributed by atoms with Crippen LogP contribution in [0.25, 0.3) is 11.4 Å². The van der Waals surface area contributed by atoms with E-state index in [9.17, 15) is 18.0 Å². The molecule has 2 aliphatic rings. The van der Waals surface area contributed by atoms with Gasteiger partial charge in [-0.1, -0.05) is 6.42 Å². The molecule has 0 bridgehead atoms. The molecule has 1 aliphatic carbocycles. The summed E-state index contributed by atoms with van der Waals surface area (Å²) in [4.78, 5) is 29.8. The number of hydrogen-bond acceptors (Lipinski definition) is 6. The first-order valence-corrected chi connectivity index (χ1v) is 13.4. The Morgan fingerprint density at radius 2 is 1.80 bits per heavy atom. The number of hydrogen-bond donors (Lipinski definition) is 1. The van der Waals surface area contributed by atoms with Crippen molar-refractivity contribution in [3.63, 3.8) is 0 Å². The number of piperidine rings is 1. The Bertz CT molecular complexity index is 1360. The van der Waals surface area contributed by atoms with Gasteiger partial charge in [0, 0.05) is 49.2 Å². The molecule has 1 saturated carbocycles. The Hall–Kier alpha value is -3.31. The number of amides is 1. The quantitative estimate of drug-likeness (QED) is 0.510. The minimum absolute atomic E-state index is 0.153. The first kappa shape index (κ1) is 23.4. The monoisotopic (exact) mass is 496 g/mol. The number of benzene rings is 1. The highest BCUT2D eigenvalue weighted by Gasteiger charge is 2.30. The molecule has 0 spiro atoms. The summed E-state index contributed by atoms with van der Waals surface area (Å²) >= 11 is 0. The molecule has 1 N–H and O–H groups in total. The largest absolute Gasteiger partial charge is 0.350 e. The van der Waals surface area contributed by atoms with Crippen LogP contribution in [0.1, 0.15) is 48.5 Å². The van der Waals surface area contributed by atoms with Gasteiger partial charge in [-0.2, -0.15) is 4.31 Å². The van der Waals surface area contributed by atoms with Crippen LogP contribution in [-0.2, 0) is 16.6 Å². The van der Waals surface area contributed by atoms with Crippen LogP contribution in [0.3, 0.4) is 0 Å². The molecule has 1 saturated heterocycles. The minimum atomic E-state index is -3.54. The Kier molecular flexibility index (Phi) is 6.52. The molecule has 1 aromatic carbocycles. The number of rotatable bonds is 8. The van der Waals surface area contributed by atoms with E-state index in [2.05, 4.69) is 15.4 Å². The molecule has 184 valence electrons. The number of nitrogens with one attached hydrogen (secondary N) is 1. The van der Waals surface area contributed by atoms with Crippen LogP contribution >= 0.6 is 0 Å². The van der Waals surface area contributed by atoms with E-state index in [1.165, 1.54) is 33.3 Å². The zero-order valence-electron chi connectivity index (χ0n) is 19.3. The van der Waals surface area contributed by atoms with Crippen molar-refractivity contribution in [3.05, 3.63) is 64.8 Å². The highest BCUT2D eigenvalue weighted by atomic mass is 32.2. The highest BCUT2D eigenvalue weighted by Crippen LogP contribution is 2.36. The molecular weight excluding hydrogens is 468 g/mol. The third-order valence-corrected chi connectivity index (χ3v) is 8.29. The fourth-order valence-corrected chi connectivity index (χ4v) is 5.85. The Balaban J connectivity index is 1.23. The van der Waals surface area contributed by atoms with Crippen LogP contribution < -0.4 is 11.0 Å². The minimum Gasteiger partial charge on any atom is -0.350 e. The molecule has 2 aromatic heterocycles. The maximum Gasteiger partial charge on any atom is 0.346 e. The summed E-state index contributed by atoms with van der Waals surface area (Å²) in [6, 6.07) is 9.80. The van der Waals surface area contributed by atoms with Crippen LogP contribution in [0.5, 0.6) is 0 Å². The van der Waals surface area contributed by atoms with Crippen LogP contribution in [0, 0.1) is 0 Å². The van der Waals surface area contributed by atoms with Gasteiger partial charge in [-0.25, -0.2) is 17.9 Å². The van der Waals surface area contributed by atoms with Gasteiger partial charge in [-0.3, -0.25) is 14.3 Å². The van der Waals surface area contributed by atoms with Crippen molar-refractivity contribution >= 4 is 15.9 Å². The zero-order valence-corrected chi connectivity index (χ0v) is 20.2. The van der Waals surface area contributed by atoms with E-state index >= 15 is 0 Å². The van der Waals surface area contributed by atoms with Crippen molar-refractivity contribution in [1.82, 2.24) is 29.0 Å². The van der Waals surface area contributed by atoms with Gasteiger partial charge in [-0.05, 0) is 62.1 Å². The molecule has 5 rings (SSSR count). The molecule has 2 fully saturated rings. The second-order valence-electron chi connectivity index (χ2n) is 8.92. The van der Waals surface area contributed by atoms with Crippen LogP contribution in [-0.4, -0.2) is 57.6 Å². The maximum absolute atomic E-state index is 12.9. The zero-order chi connectivity index (χ0) is 24.4. The number of sulfonamides is 1. The molecule has 0 atom stereocenters. The predicted octanol–water partition coefficient (Wildman–Crippen LogP) is 2.05. The summed E-state index contributed by atoms with van der Waals surface area (Å²) in [5.41, 5.74) is 0.932. The molecule has 3 aromatic rings. The van der Waals surface area contributed by atoms with E-state index in [4.69, 9.17) is 0 Å². The average molecular weight is 497 g/mol. The SMILES string of the molecule is O=C(NCCn1nc(-c2cccnc2)n(C2CC2)c1=O)c1ccc(S(=O)(=O)N2CCCCC2)cc1. The second kappa shape index (κ2) is 9.74. The number of pyridine rings is 1. The van der Waals surface area contributed by atoms with E-state index < -0.39 is 10.0 Å². The van der Waals surface area contributed by atoms with Gasteiger partial charge in [0.1, 0.15) is 0 Å². The lowest BCUT2D eigenvalue weighted by Crippen LogP contribution is -2.35. The van der Waals surface area contributed by atoms with Crippen LogP contribution in [0.15, 0.2) is 58.5 Å². The molecule has 1 amide bonds. The van der Waals surface area contributed by atoms with Gasteiger partial charge in [0.05, 0.1) is 11.4 Å². The number of carbonyl (C=O) groups is 1. The molecule has 1 aliphatic heterocycles.